The Hall–Kier alpha value is -1.95. The zero-order valence-electron chi connectivity index (χ0n) is 7.90. The van der Waals surface area contributed by atoms with Crippen LogP contribution in [-0.2, 0) is 6.54 Å². The highest BCUT2D eigenvalue weighted by Crippen LogP contribution is 2.19. The Morgan fingerprint density at radius 1 is 1.57 bits per heavy atom. The first kappa shape index (κ1) is 8.64. The van der Waals surface area contributed by atoms with Crippen LogP contribution in [0.4, 0.5) is 0 Å². The molecule has 0 fully saturated rings. The van der Waals surface area contributed by atoms with Crippen molar-refractivity contribution < 1.29 is 4.74 Å². The Balaban J connectivity index is 2.55. The maximum atomic E-state index is 5.24. The molecule has 3 heteroatoms. The second-order valence-corrected chi connectivity index (χ2v) is 2.93. The Morgan fingerprint density at radius 3 is 3.14 bits per heavy atom. The van der Waals surface area contributed by atoms with E-state index >= 15 is 0 Å². The van der Waals surface area contributed by atoms with Crippen molar-refractivity contribution in [3.05, 3.63) is 24.5 Å². The van der Waals surface area contributed by atoms with E-state index in [-0.39, 0.29) is 0 Å². The predicted molar refractivity (Wildman–Crippen MR) is 55.1 cm³/mol. The zero-order valence-corrected chi connectivity index (χ0v) is 7.90. The van der Waals surface area contributed by atoms with Crippen molar-refractivity contribution in [3.8, 4) is 18.1 Å². The summed E-state index contributed by atoms with van der Waals surface area (Å²) in [6, 6.07) is 5.75. The van der Waals surface area contributed by atoms with Gasteiger partial charge in [0.2, 0.25) is 0 Å². The van der Waals surface area contributed by atoms with Crippen molar-refractivity contribution in [1.29, 1.82) is 0 Å². The molecule has 0 aliphatic rings. The lowest BCUT2D eigenvalue weighted by Crippen LogP contribution is -1.92. The number of nitrogens with zero attached hydrogens (tertiary/aromatic N) is 2. The lowest BCUT2D eigenvalue weighted by molar-refractivity contribution is 0.415. The summed E-state index contributed by atoms with van der Waals surface area (Å²) in [5.74, 6) is 3.39. The van der Waals surface area contributed by atoms with E-state index in [1.807, 2.05) is 22.8 Å². The average molecular weight is 186 g/mol. The van der Waals surface area contributed by atoms with E-state index in [4.69, 9.17) is 11.2 Å². The van der Waals surface area contributed by atoms with Crippen LogP contribution in [0.25, 0.3) is 11.0 Å². The number of methoxy groups -OCH3 is 1. The molecular weight excluding hydrogens is 176 g/mol. The van der Waals surface area contributed by atoms with Crippen molar-refractivity contribution in [1.82, 2.24) is 9.55 Å². The molecule has 0 saturated carbocycles. The third kappa shape index (κ3) is 1.31. The van der Waals surface area contributed by atoms with E-state index in [1.54, 1.807) is 13.4 Å². The molecule has 0 N–H and O–H groups in total. The minimum absolute atomic E-state index is 0.544. The monoisotopic (exact) mass is 186 g/mol. The molecule has 0 spiro atoms. The number of hydrogen-bond donors (Lipinski definition) is 0. The van der Waals surface area contributed by atoms with E-state index < -0.39 is 0 Å². The van der Waals surface area contributed by atoms with Gasteiger partial charge in [0.25, 0.3) is 0 Å². The van der Waals surface area contributed by atoms with E-state index in [0.717, 1.165) is 16.8 Å². The Morgan fingerprint density at radius 2 is 2.43 bits per heavy atom. The molecule has 0 aliphatic carbocycles. The van der Waals surface area contributed by atoms with Crippen molar-refractivity contribution in [3.63, 3.8) is 0 Å². The molecule has 0 radical (unpaired) electrons. The van der Waals surface area contributed by atoms with Gasteiger partial charge >= 0.3 is 0 Å². The van der Waals surface area contributed by atoms with Gasteiger partial charge in [-0.2, -0.15) is 0 Å². The lowest BCUT2D eigenvalue weighted by Gasteiger charge is -2.00. The largest absolute Gasteiger partial charge is 0.497 e. The molecule has 14 heavy (non-hydrogen) atoms. The number of ether oxygens (including phenoxy) is 1. The summed E-state index contributed by atoms with van der Waals surface area (Å²) in [6.45, 7) is 0.544. The third-order valence-electron chi connectivity index (χ3n) is 2.09. The molecule has 70 valence electrons. The van der Waals surface area contributed by atoms with Crippen LogP contribution in [0, 0.1) is 12.3 Å². The summed E-state index contributed by atoms with van der Waals surface area (Å²) in [4.78, 5) is 4.23. The smallest absolute Gasteiger partial charge is 0.121 e. The summed E-state index contributed by atoms with van der Waals surface area (Å²) in [5, 5.41) is 0. The lowest BCUT2D eigenvalue weighted by atomic mass is 10.3. The predicted octanol–water partition coefficient (Wildman–Crippen LogP) is 1.68. The highest BCUT2D eigenvalue weighted by molar-refractivity contribution is 5.77. The second-order valence-electron chi connectivity index (χ2n) is 2.93. The molecule has 2 rings (SSSR count). The normalized spacial score (nSPS) is 10.0. The van der Waals surface area contributed by atoms with E-state index in [9.17, 15) is 0 Å². The van der Waals surface area contributed by atoms with Crippen molar-refractivity contribution in [2.24, 2.45) is 0 Å². The number of imidazole rings is 1. The first-order valence-corrected chi connectivity index (χ1v) is 4.27. The number of benzene rings is 1. The number of rotatable bonds is 2. The second kappa shape index (κ2) is 3.43. The minimum atomic E-state index is 0.544. The van der Waals surface area contributed by atoms with Crippen molar-refractivity contribution in [2.45, 2.75) is 6.54 Å². The molecule has 1 heterocycles. The van der Waals surface area contributed by atoms with Gasteiger partial charge in [0.15, 0.2) is 0 Å². The maximum absolute atomic E-state index is 5.24. The van der Waals surface area contributed by atoms with Gasteiger partial charge in [-0.05, 0) is 12.1 Å². The quantitative estimate of drug-likeness (QED) is 0.667. The van der Waals surface area contributed by atoms with Crippen LogP contribution >= 0.6 is 0 Å². The highest BCUT2D eigenvalue weighted by atomic mass is 16.5. The Labute approximate surface area is 82.3 Å². The number of hydrogen-bond acceptors (Lipinski definition) is 2. The minimum Gasteiger partial charge on any atom is -0.497 e. The van der Waals surface area contributed by atoms with Crippen LogP contribution in [-0.4, -0.2) is 16.7 Å². The molecule has 0 unspecified atom stereocenters. The van der Waals surface area contributed by atoms with Gasteiger partial charge in [-0.15, -0.1) is 6.42 Å². The Bertz CT molecular complexity index is 493. The fourth-order valence-corrected chi connectivity index (χ4v) is 1.39. The molecule has 3 nitrogen and oxygen atoms in total. The molecule has 1 aromatic carbocycles. The number of fused-ring (bicyclic) bond motifs is 1. The first-order chi connectivity index (χ1) is 6.85. The Kier molecular flexibility index (Phi) is 2.11. The van der Waals surface area contributed by atoms with Crippen LogP contribution in [0.3, 0.4) is 0 Å². The molecule has 0 amide bonds. The summed E-state index contributed by atoms with van der Waals surface area (Å²) in [5.41, 5.74) is 1.93. The van der Waals surface area contributed by atoms with Gasteiger partial charge in [-0.25, -0.2) is 4.98 Å². The van der Waals surface area contributed by atoms with E-state index in [1.165, 1.54) is 0 Å². The van der Waals surface area contributed by atoms with E-state index in [0.29, 0.717) is 6.54 Å². The fourth-order valence-electron chi connectivity index (χ4n) is 1.39. The zero-order chi connectivity index (χ0) is 9.97. The SMILES string of the molecule is C#CCn1cnc2cc(OC)ccc21. The van der Waals surface area contributed by atoms with Gasteiger partial charge in [0, 0.05) is 6.07 Å². The molecule has 0 saturated heterocycles. The van der Waals surface area contributed by atoms with E-state index in [2.05, 4.69) is 10.9 Å². The number of aromatic nitrogens is 2. The van der Waals surface area contributed by atoms with Gasteiger partial charge < -0.3 is 9.30 Å². The maximum Gasteiger partial charge on any atom is 0.121 e. The van der Waals surface area contributed by atoms with Gasteiger partial charge in [-0.1, -0.05) is 5.92 Å². The summed E-state index contributed by atoms with van der Waals surface area (Å²) in [6.07, 6.45) is 6.98. The van der Waals surface area contributed by atoms with Gasteiger partial charge in [0.05, 0.1) is 31.0 Å². The van der Waals surface area contributed by atoms with Crippen LogP contribution < -0.4 is 4.74 Å². The molecule has 2 aromatic rings. The van der Waals surface area contributed by atoms with Crippen molar-refractivity contribution in [2.75, 3.05) is 7.11 Å². The fraction of sp³-hybridized carbons (Fsp3) is 0.182. The molecule has 0 aliphatic heterocycles. The summed E-state index contributed by atoms with van der Waals surface area (Å²) in [7, 11) is 1.64. The average Bonchev–Trinajstić information content (AvgIpc) is 2.61. The molecule has 0 atom stereocenters. The standard InChI is InChI=1S/C11H10N2O/c1-3-6-13-8-12-10-7-9(14-2)4-5-11(10)13/h1,4-5,7-8H,6H2,2H3. The van der Waals surface area contributed by atoms with Gasteiger partial charge in [0.1, 0.15) is 5.75 Å². The van der Waals surface area contributed by atoms with Crippen LogP contribution in [0.15, 0.2) is 24.5 Å². The van der Waals surface area contributed by atoms with Crippen molar-refractivity contribution >= 4 is 11.0 Å². The van der Waals surface area contributed by atoms with Gasteiger partial charge in [-0.3, -0.25) is 0 Å². The highest BCUT2D eigenvalue weighted by Gasteiger charge is 2.02. The number of terminal acetylenes is 1. The molecular formula is C11H10N2O. The van der Waals surface area contributed by atoms with Crippen LogP contribution in [0.1, 0.15) is 0 Å². The molecule has 1 aromatic heterocycles. The van der Waals surface area contributed by atoms with Crippen LogP contribution in [0.5, 0.6) is 5.75 Å². The summed E-state index contributed by atoms with van der Waals surface area (Å²) >= 11 is 0. The topological polar surface area (TPSA) is 27.1 Å². The van der Waals surface area contributed by atoms with Crippen LogP contribution in [0.2, 0.25) is 0 Å². The third-order valence-corrected chi connectivity index (χ3v) is 2.09. The summed E-state index contributed by atoms with van der Waals surface area (Å²) < 4.78 is 7.03. The first-order valence-electron chi connectivity index (χ1n) is 4.27. The molecule has 0 bridgehead atoms.